The van der Waals surface area contributed by atoms with E-state index in [-0.39, 0.29) is 0 Å². The Morgan fingerprint density at radius 1 is 1.25 bits per heavy atom. The summed E-state index contributed by atoms with van der Waals surface area (Å²) < 4.78 is 27.1. The molecule has 0 heterocycles. The summed E-state index contributed by atoms with van der Waals surface area (Å²) in [5, 5.41) is 3.27. The molecule has 1 unspecified atom stereocenters. The van der Waals surface area contributed by atoms with Crippen LogP contribution in [0, 0.1) is 5.92 Å². The molecule has 1 rings (SSSR count). The van der Waals surface area contributed by atoms with Crippen LogP contribution < -0.4 is 10.0 Å². The summed E-state index contributed by atoms with van der Waals surface area (Å²) in [6.07, 6.45) is 2.03. The smallest absolute Gasteiger partial charge is 0.240 e. The van der Waals surface area contributed by atoms with Gasteiger partial charge < -0.3 is 5.32 Å². The zero-order chi connectivity index (χ0) is 15.0. The van der Waals surface area contributed by atoms with Crippen LogP contribution >= 0.6 is 0 Å². The summed E-state index contributed by atoms with van der Waals surface area (Å²) >= 11 is 0. The number of rotatable bonds is 9. The van der Waals surface area contributed by atoms with Crippen LogP contribution in [0.25, 0.3) is 0 Å². The topological polar surface area (TPSA) is 58.2 Å². The number of benzene rings is 1. The van der Waals surface area contributed by atoms with Crippen molar-refractivity contribution in [3.8, 4) is 0 Å². The molecule has 4 nitrogen and oxygen atoms in total. The predicted octanol–water partition coefficient (Wildman–Crippen LogP) is 2.51. The van der Waals surface area contributed by atoms with Crippen molar-refractivity contribution in [2.45, 2.75) is 45.1 Å². The summed E-state index contributed by atoms with van der Waals surface area (Å²) in [5.74, 6) is 0.346. The molecule has 0 bridgehead atoms. The maximum Gasteiger partial charge on any atom is 0.240 e. The number of sulfonamides is 1. The van der Waals surface area contributed by atoms with E-state index in [9.17, 15) is 8.42 Å². The molecule has 0 spiro atoms. The highest BCUT2D eigenvalue weighted by atomic mass is 32.2. The van der Waals surface area contributed by atoms with E-state index in [4.69, 9.17) is 0 Å². The summed E-state index contributed by atoms with van der Waals surface area (Å²) in [7, 11) is -3.40. The minimum atomic E-state index is -3.40. The first-order chi connectivity index (χ1) is 9.49. The minimum Gasteiger partial charge on any atom is -0.313 e. The molecule has 0 aliphatic carbocycles. The zero-order valence-corrected chi connectivity index (χ0v) is 13.5. The van der Waals surface area contributed by atoms with Gasteiger partial charge in [-0.25, -0.2) is 13.1 Å². The Bertz CT molecular complexity index is 500. The van der Waals surface area contributed by atoms with E-state index in [1.165, 1.54) is 0 Å². The molecule has 0 amide bonds. The molecular weight excluding hydrogens is 272 g/mol. The monoisotopic (exact) mass is 298 g/mol. The highest BCUT2D eigenvalue weighted by Crippen LogP contribution is 2.12. The van der Waals surface area contributed by atoms with E-state index < -0.39 is 10.0 Å². The molecule has 0 radical (unpaired) electrons. The quantitative estimate of drug-likeness (QED) is 0.689. The fraction of sp³-hybridized carbons (Fsp3) is 0.600. The number of nitrogens with one attached hydrogen (secondary N) is 2. The maximum absolute atomic E-state index is 12.2. The predicted molar refractivity (Wildman–Crippen MR) is 83.1 cm³/mol. The van der Waals surface area contributed by atoms with Gasteiger partial charge in [0.05, 0.1) is 4.90 Å². The van der Waals surface area contributed by atoms with E-state index >= 15 is 0 Å². The Kier molecular flexibility index (Phi) is 7.19. The molecule has 1 aromatic rings. The first-order valence-corrected chi connectivity index (χ1v) is 8.77. The van der Waals surface area contributed by atoms with Crippen LogP contribution in [0.4, 0.5) is 0 Å². The largest absolute Gasteiger partial charge is 0.313 e. The van der Waals surface area contributed by atoms with Gasteiger partial charge >= 0.3 is 0 Å². The molecule has 114 valence electrons. The Morgan fingerprint density at radius 2 is 2.00 bits per heavy atom. The first kappa shape index (κ1) is 17.1. The average molecular weight is 298 g/mol. The van der Waals surface area contributed by atoms with Crippen LogP contribution in [0.1, 0.15) is 39.2 Å². The number of hydrogen-bond acceptors (Lipinski definition) is 3. The number of hydrogen-bond donors (Lipinski definition) is 2. The molecule has 0 aromatic heterocycles. The van der Waals surface area contributed by atoms with Crippen LogP contribution in [0.2, 0.25) is 0 Å². The highest BCUT2D eigenvalue weighted by molar-refractivity contribution is 7.89. The second kappa shape index (κ2) is 8.39. The molecule has 0 saturated carbocycles. The summed E-state index contributed by atoms with van der Waals surface area (Å²) in [6.45, 7) is 8.31. The van der Waals surface area contributed by atoms with Crippen LogP contribution in [-0.2, 0) is 16.6 Å². The molecule has 5 heteroatoms. The van der Waals surface area contributed by atoms with E-state index in [1.54, 1.807) is 18.2 Å². The van der Waals surface area contributed by atoms with Crippen molar-refractivity contribution in [3.05, 3.63) is 29.8 Å². The van der Waals surface area contributed by atoms with Gasteiger partial charge in [0.1, 0.15) is 0 Å². The van der Waals surface area contributed by atoms with Crippen molar-refractivity contribution in [3.63, 3.8) is 0 Å². The second-order valence-corrected chi connectivity index (χ2v) is 6.96. The van der Waals surface area contributed by atoms with Gasteiger partial charge in [-0.1, -0.05) is 39.3 Å². The molecule has 0 aliphatic rings. The van der Waals surface area contributed by atoms with Gasteiger partial charge in [-0.15, -0.1) is 0 Å². The SMILES string of the molecule is CCCNCc1cccc(S(=O)(=O)NCC(C)CC)c1. The van der Waals surface area contributed by atoms with E-state index in [0.29, 0.717) is 23.9 Å². The molecule has 20 heavy (non-hydrogen) atoms. The molecule has 1 aromatic carbocycles. The van der Waals surface area contributed by atoms with Crippen molar-refractivity contribution in [2.24, 2.45) is 5.92 Å². The van der Waals surface area contributed by atoms with Crippen molar-refractivity contribution >= 4 is 10.0 Å². The fourth-order valence-corrected chi connectivity index (χ4v) is 2.95. The van der Waals surface area contributed by atoms with E-state index in [2.05, 4.69) is 23.9 Å². The van der Waals surface area contributed by atoms with Crippen LogP contribution in [0.15, 0.2) is 29.2 Å². The van der Waals surface area contributed by atoms with Gasteiger partial charge in [-0.3, -0.25) is 0 Å². The molecular formula is C15H26N2O2S. The minimum absolute atomic E-state index is 0.344. The van der Waals surface area contributed by atoms with E-state index in [1.807, 2.05) is 13.0 Å². The van der Waals surface area contributed by atoms with Crippen molar-refractivity contribution in [1.29, 1.82) is 0 Å². The fourth-order valence-electron chi connectivity index (χ4n) is 1.71. The lowest BCUT2D eigenvalue weighted by Gasteiger charge is -2.12. The van der Waals surface area contributed by atoms with Crippen molar-refractivity contribution < 1.29 is 8.42 Å². The Balaban J connectivity index is 2.71. The maximum atomic E-state index is 12.2. The van der Waals surface area contributed by atoms with Gasteiger partial charge in [-0.05, 0) is 36.6 Å². The highest BCUT2D eigenvalue weighted by Gasteiger charge is 2.14. The Labute approximate surface area is 123 Å². The van der Waals surface area contributed by atoms with Crippen LogP contribution in [0.3, 0.4) is 0 Å². The molecule has 1 atom stereocenters. The molecule has 0 aliphatic heterocycles. The second-order valence-electron chi connectivity index (χ2n) is 5.19. The first-order valence-electron chi connectivity index (χ1n) is 7.29. The molecule has 2 N–H and O–H groups in total. The van der Waals surface area contributed by atoms with E-state index in [0.717, 1.165) is 24.9 Å². The summed E-state index contributed by atoms with van der Waals surface area (Å²) in [5.41, 5.74) is 0.991. The lowest BCUT2D eigenvalue weighted by molar-refractivity contribution is 0.528. The van der Waals surface area contributed by atoms with Gasteiger partial charge in [0.15, 0.2) is 0 Å². The van der Waals surface area contributed by atoms with Gasteiger partial charge in [0.25, 0.3) is 0 Å². The Hall–Kier alpha value is -0.910. The Morgan fingerprint density at radius 3 is 2.65 bits per heavy atom. The van der Waals surface area contributed by atoms with Crippen LogP contribution in [0.5, 0.6) is 0 Å². The normalized spacial score (nSPS) is 13.3. The zero-order valence-electron chi connectivity index (χ0n) is 12.6. The van der Waals surface area contributed by atoms with Crippen LogP contribution in [-0.4, -0.2) is 21.5 Å². The van der Waals surface area contributed by atoms with Crippen molar-refractivity contribution in [1.82, 2.24) is 10.0 Å². The molecule has 0 fully saturated rings. The standard InChI is InChI=1S/C15H26N2O2S/c1-4-9-16-12-14-7-6-8-15(10-14)20(18,19)17-11-13(3)5-2/h6-8,10,13,16-17H,4-5,9,11-12H2,1-3H3. The van der Waals surface area contributed by atoms with Gasteiger partial charge in [0.2, 0.25) is 10.0 Å². The average Bonchev–Trinajstić information content (AvgIpc) is 2.45. The van der Waals surface area contributed by atoms with Crippen molar-refractivity contribution in [2.75, 3.05) is 13.1 Å². The third-order valence-corrected chi connectivity index (χ3v) is 4.70. The summed E-state index contributed by atoms with van der Waals surface area (Å²) in [6, 6.07) is 7.11. The van der Waals surface area contributed by atoms with Gasteiger partial charge in [0, 0.05) is 13.1 Å². The lowest BCUT2D eigenvalue weighted by Crippen LogP contribution is -2.28. The summed E-state index contributed by atoms with van der Waals surface area (Å²) in [4.78, 5) is 0.344. The third-order valence-electron chi connectivity index (χ3n) is 3.28. The van der Waals surface area contributed by atoms with Gasteiger partial charge in [-0.2, -0.15) is 0 Å². The molecule has 0 saturated heterocycles. The lowest BCUT2D eigenvalue weighted by atomic mass is 10.1. The third kappa shape index (κ3) is 5.61.